The zero-order valence-electron chi connectivity index (χ0n) is 7.57. The number of carbonyl (C=O) groups is 1. The quantitative estimate of drug-likeness (QED) is 0.663. The SMILES string of the molecule is COC(=O)C[C@H](O)c1cc(C)[nH]n1. The minimum Gasteiger partial charge on any atom is -0.469 e. The Morgan fingerprint density at radius 3 is 3.00 bits per heavy atom. The molecule has 0 aliphatic carbocycles. The summed E-state index contributed by atoms with van der Waals surface area (Å²) in [4.78, 5) is 10.8. The molecule has 1 heterocycles. The molecule has 0 amide bonds. The molecule has 0 saturated carbocycles. The first-order valence-corrected chi connectivity index (χ1v) is 3.90. The van der Waals surface area contributed by atoms with Gasteiger partial charge in [-0.25, -0.2) is 0 Å². The molecule has 1 atom stereocenters. The van der Waals surface area contributed by atoms with Gasteiger partial charge in [0.25, 0.3) is 0 Å². The molecular weight excluding hydrogens is 172 g/mol. The zero-order chi connectivity index (χ0) is 9.84. The Morgan fingerprint density at radius 1 is 1.85 bits per heavy atom. The van der Waals surface area contributed by atoms with E-state index in [1.54, 1.807) is 6.07 Å². The van der Waals surface area contributed by atoms with Gasteiger partial charge in [-0.3, -0.25) is 9.89 Å². The molecule has 72 valence electrons. The molecule has 0 unspecified atom stereocenters. The van der Waals surface area contributed by atoms with Crippen molar-refractivity contribution in [2.24, 2.45) is 0 Å². The van der Waals surface area contributed by atoms with Gasteiger partial charge < -0.3 is 9.84 Å². The lowest BCUT2D eigenvalue weighted by Gasteiger charge is -2.04. The van der Waals surface area contributed by atoms with Crippen molar-refractivity contribution in [3.05, 3.63) is 17.5 Å². The number of aromatic nitrogens is 2. The maximum Gasteiger partial charge on any atom is 0.308 e. The maximum absolute atomic E-state index is 10.8. The number of aliphatic hydroxyl groups excluding tert-OH is 1. The Hall–Kier alpha value is -1.36. The van der Waals surface area contributed by atoms with Gasteiger partial charge in [0.05, 0.1) is 19.2 Å². The van der Waals surface area contributed by atoms with Crippen LogP contribution in [0.5, 0.6) is 0 Å². The third-order valence-electron chi connectivity index (χ3n) is 1.65. The average Bonchev–Trinajstić information content (AvgIpc) is 2.51. The van der Waals surface area contributed by atoms with Gasteiger partial charge in [-0.1, -0.05) is 0 Å². The first kappa shape index (κ1) is 9.73. The summed E-state index contributed by atoms with van der Waals surface area (Å²) in [5.41, 5.74) is 1.31. The lowest BCUT2D eigenvalue weighted by molar-refractivity contribution is -0.142. The highest BCUT2D eigenvalue weighted by molar-refractivity contribution is 5.69. The van der Waals surface area contributed by atoms with Crippen molar-refractivity contribution in [3.8, 4) is 0 Å². The summed E-state index contributed by atoms with van der Waals surface area (Å²) in [6.07, 6.45) is -0.960. The number of nitrogens with zero attached hydrogens (tertiary/aromatic N) is 1. The van der Waals surface area contributed by atoms with Gasteiger partial charge in [0.1, 0.15) is 6.10 Å². The van der Waals surface area contributed by atoms with Crippen LogP contribution in [0.15, 0.2) is 6.07 Å². The molecule has 1 aromatic heterocycles. The van der Waals surface area contributed by atoms with E-state index in [-0.39, 0.29) is 6.42 Å². The molecule has 0 aliphatic rings. The number of H-pyrrole nitrogens is 1. The van der Waals surface area contributed by atoms with Gasteiger partial charge in [-0.2, -0.15) is 5.10 Å². The normalized spacial score (nSPS) is 12.5. The standard InChI is InChI=1S/C8H12N2O3/c1-5-3-6(10-9-5)7(11)4-8(12)13-2/h3,7,11H,4H2,1-2H3,(H,9,10)/t7-/m0/s1. The number of hydrogen-bond donors (Lipinski definition) is 2. The van der Waals surface area contributed by atoms with E-state index in [4.69, 9.17) is 0 Å². The third kappa shape index (κ3) is 2.55. The average molecular weight is 184 g/mol. The number of aromatic amines is 1. The van der Waals surface area contributed by atoms with Crippen LogP contribution in [-0.2, 0) is 9.53 Å². The van der Waals surface area contributed by atoms with Crippen molar-refractivity contribution < 1.29 is 14.6 Å². The number of hydrogen-bond acceptors (Lipinski definition) is 4. The Bertz CT molecular complexity index is 295. The number of esters is 1. The highest BCUT2D eigenvalue weighted by atomic mass is 16.5. The van der Waals surface area contributed by atoms with E-state index >= 15 is 0 Å². The second-order valence-corrected chi connectivity index (χ2v) is 2.77. The van der Waals surface area contributed by atoms with Crippen LogP contribution < -0.4 is 0 Å². The first-order chi connectivity index (χ1) is 6.13. The summed E-state index contributed by atoms with van der Waals surface area (Å²) in [6.45, 7) is 1.82. The van der Waals surface area contributed by atoms with Gasteiger partial charge in [0.2, 0.25) is 0 Å². The highest BCUT2D eigenvalue weighted by Gasteiger charge is 2.15. The molecule has 0 spiro atoms. The number of ether oxygens (including phenoxy) is 1. The second kappa shape index (κ2) is 4.04. The van der Waals surface area contributed by atoms with Crippen LogP contribution >= 0.6 is 0 Å². The predicted octanol–water partition coefficient (Wildman–Crippen LogP) is 0.315. The van der Waals surface area contributed by atoms with E-state index in [9.17, 15) is 9.90 Å². The number of carbonyl (C=O) groups excluding carboxylic acids is 1. The minimum absolute atomic E-state index is 0.0687. The van der Waals surface area contributed by atoms with Crippen molar-refractivity contribution in [2.75, 3.05) is 7.11 Å². The number of methoxy groups -OCH3 is 1. The van der Waals surface area contributed by atoms with E-state index in [2.05, 4.69) is 14.9 Å². The second-order valence-electron chi connectivity index (χ2n) is 2.77. The number of rotatable bonds is 3. The van der Waals surface area contributed by atoms with Crippen molar-refractivity contribution in [2.45, 2.75) is 19.4 Å². The van der Waals surface area contributed by atoms with E-state index in [1.807, 2.05) is 6.92 Å². The highest BCUT2D eigenvalue weighted by Crippen LogP contribution is 2.14. The lowest BCUT2D eigenvalue weighted by Crippen LogP contribution is -2.08. The van der Waals surface area contributed by atoms with Crippen molar-refractivity contribution >= 4 is 5.97 Å². The minimum atomic E-state index is -0.891. The summed E-state index contributed by atoms with van der Waals surface area (Å²) >= 11 is 0. The molecule has 0 bridgehead atoms. The molecule has 2 N–H and O–H groups in total. The number of aliphatic hydroxyl groups is 1. The topological polar surface area (TPSA) is 75.2 Å². The molecule has 0 aromatic carbocycles. The first-order valence-electron chi connectivity index (χ1n) is 3.90. The molecule has 0 aliphatic heterocycles. The Labute approximate surface area is 75.7 Å². The van der Waals surface area contributed by atoms with Crippen LogP contribution in [0.4, 0.5) is 0 Å². The van der Waals surface area contributed by atoms with Crippen LogP contribution in [0.1, 0.15) is 23.9 Å². The number of nitrogens with one attached hydrogen (secondary N) is 1. The molecule has 5 heteroatoms. The predicted molar refractivity (Wildman–Crippen MR) is 44.9 cm³/mol. The fourth-order valence-corrected chi connectivity index (χ4v) is 0.956. The fraction of sp³-hybridized carbons (Fsp3) is 0.500. The summed E-state index contributed by atoms with van der Waals surface area (Å²) in [5.74, 6) is -0.451. The van der Waals surface area contributed by atoms with Crippen LogP contribution in [0, 0.1) is 6.92 Å². The Kier molecular flexibility index (Phi) is 3.02. The van der Waals surface area contributed by atoms with Crippen molar-refractivity contribution in [1.29, 1.82) is 0 Å². The van der Waals surface area contributed by atoms with Crippen molar-refractivity contribution in [1.82, 2.24) is 10.2 Å². The molecule has 13 heavy (non-hydrogen) atoms. The van der Waals surface area contributed by atoms with Crippen LogP contribution in [-0.4, -0.2) is 28.4 Å². The maximum atomic E-state index is 10.8. The number of aryl methyl sites for hydroxylation is 1. The van der Waals surface area contributed by atoms with Gasteiger partial charge in [0, 0.05) is 5.69 Å². The van der Waals surface area contributed by atoms with Gasteiger partial charge in [-0.05, 0) is 13.0 Å². The summed E-state index contributed by atoms with van der Waals surface area (Å²) in [7, 11) is 1.28. The Morgan fingerprint density at radius 2 is 2.54 bits per heavy atom. The molecular formula is C8H12N2O3. The zero-order valence-corrected chi connectivity index (χ0v) is 7.57. The van der Waals surface area contributed by atoms with Gasteiger partial charge in [0.15, 0.2) is 0 Å². The van der Waals surface area contributed by atoms with E-state index in [1.165, 1.54) is 7.11 Å². The van der Waals surface area contributed by atoms with Crippen LogP contribution in [0.3, 0.4) is 0 Å². The fourth-order valence-electron chi connectivity index (χ4n) is 0.956. The van der Waals surface area contributed by atoms with Gasteiger partial charge in [-0.15, -0.1) is 0 Å². The van der Waals surface area contributed by atoms with E-state index < -0.39 is 12.1 Å². The molecule has 1 rings (SSSR count). The molecule has 0 saturated heterocycles. The molecule has 0 radical (unpaired) electrons. The molecule has 1 aromatic rings. The third-order valence-corrected chi connectivity index (χ3v) is 1.65. The van der Waals surface area contributed by atoms with Gasteiger partial charge >= 0.3 is 5.97 Å². The monoisotopic (exact) mass is 184 g/mol. The van der Waals surface area contributed by atoms with Crippen LogP contribution in [0.2, 0.25) is 0 Å². The van der Waals surface area contributed by atoms with Crippen molar-refractivity contribution in [3.63, 3.8) is 0 Å². The molecule has 0 fully saturated rings. The van der Waals surface area contributed by atoms with E-state index in [0.29, 0.717) is 5.69 Å². The molecule has 5 nitrogen and oxygen atoms in total. The largest absolute Gasteiger partial charge is 0.469 e. The smallest absolute Gasteiger partial charge is 0.308 e. The van der Waals surface area contributed by atoms with E-state index in [0.717, 1.165) is 5.69 Å². The lowest BCUT2D eigenvalue weighted by atomic mass is 10.2. The van der Waals surface area contributed by atoms with Crippen LogP contribution in [0.25, 0.3) is 0 Å². The summed E-state index contributed by atoms with van der Waals surface area (Å²) in [5, 5.41) is 16.0. The Balaban J connectivity index is 2.58. The summed E-state index contributed by atoms with van der Waals surface area (Å²) in [6, 6.07) is 1.69. The summed E-state index contributed by atoms with van der Waals surface area (Å²) < 4.78 is 4.41.